The van der Waals surface area contributed by atoms with Crippen molar-refractivity contribution in [2.24, 2.45) is 5.73 Å². The molecule has 26 heavy (non-hydrogen) atoms. The molecule has 1 aliphatic heterocycles. The van der Waals surface area contributed by atoms with Gasteiger partial charge in [0.2, 0.25) is 0 Å². The fourth-order valence-electron chi connectivity index (χ4n) is 4.33. The van der Waals surface area contributed by atoms with Crippen LogP contribution in [0.2, 0.25) is 0 Å². The number of aliphatic hydroxyl groups excluding tert-OH is 1. The first kappa shape index (κ1) is 17.4. The zero-order valence-electron chi connectivity index (χ0n) is 15.2. The summed E-state index contributed by atoms with van der Waals surface area (Å²) in [6.45, 7) is 1.91. The zero-order chi connectivity index (χ0) is 18.1. The van der Waals surface area contributed by atoms with Gasteiger partial charge in [0, 0.05) is 6.54 Å². The van der Waals surface area contributed by atoms with Crippen molar-refractivity contribution in [2.45, 2.75) is 24.7 Å². The van der Waals surface area contributed by atoms with Crippen LogP contribution in [-0.2, 0) is 10.3 Å². The Labute approximate surface area is 154 Å². The van der Waals surface area contributed by atoms with Gasteiger partial charge in [-0.15, -0.1) is 0 Å². The van der Waals surface area contributed by atoms with Crippen LogP contribution >= 0.6 is 0 Å². The van der Waals surface area contributed by atoms with Gasteiger partial charge in [-0.05, 0) is 65.7 Å². The maximum atomic E-state index is 10.9. The molecule has 0 spiro atoms. The Bertz CT molecular complexity index is 914. The minimum Gasteiger partial charge on any atom is -0.366 e. The van der Waals surface area contributed by atoms with Gasteiger partial charge < -0.3 is 15.6 Å². The molecule has 1 heterocycles. The van der Waals surface area contributed by atoms with E-state index < -0.39 is 11.8 Å². The number of nitrogens with two attached hydrogens (primary N) is 1. The quantitative estimate of drug-likeness (QED) is 0.710. The molecular formula is C22H26N2O2. The van der Waals surface area contributed by atoms with Gasteiger partial charge in [-0.3, -0.25) is 4.90 Å². The summed E-state index contributed by atoms with van der Waals surface area (Å²) in [5.41, 5.74) is 6.35. The van der Waals surface area contributed by atoms with Crippen molar-refractivity contribution >= 4 is 21.5 Å². The maximum absolute atomic E-state index is 10.9. The van der Waals surface area contributed by atoms with E-state index in [4.69, 9.17) is 10.5 Å². The van der Waals surface area contributed by atoms with Crippen molar-refractivity contribution in [3.05, 3.63) is 60.2 Å². The molecule has 0 bridgehead atoms. The summed E-state index contributed by atoms with van der Waals surface area (Å²) >= 11 is 0. The minimum absolute atomic E-state index is 0.537. The average Bonchev–Trinajstić information content (AvgIpc) is 2.66. The van der Waals surface area contributed by atoms with Gasteiger partial charge in [0.05, 0.1) is 12.1 Å². The largest absolute Gasteiger partial charge is 0.366 e. The van der Waals surface area contributed by atoms with E-state index in [0.29, 0.717) is 13.2 Å². The molecule has 4 heteroatoms. The Morgan fingerprint density at radius 3 is 2.58 bits per heavy atom. The fraction of sp³-hybridized carbons (Fsp3) is 0.364. The summed E-state index contributed by atoms with van der Waals surface area (Å²) in [7, 11) is 2.07. The number of aliphatic hydroxyl groups is 1. The van der Waals surface area contributed by atoms with Gasteiger partial charge in [0.15, 0.2) is 6.29 Å². The SMILES string of the molecule is CN1CCOC(O)C1(CCCN)c1cccc2cc3ccccc3cc12. The molecule has 2 unspecified atom stereocenters. The Hall–Kier alpha value is -1.98. The van der Waals surface area contributed by atoms with E-state index in [9.17, 15) is 5.11 Å². The lowest BCUT2D eigenvalue weighted by Gasteiger charge is -2.49. The number of morpholine rings is 1. The number of hydrogen-bond acceptors (Lipinski definition) is 4. The molecule has 0 aromatic heterocycles. The first-order valence-corrected chi connectivity index (χ1v) is 9.30. The van der Waals surface area contributed by atoms with Gasteiger partial charge in [-0.2, -0.15) is 0 Å². The topological polar surface area (TPSA) is 58.7 Å². The number of benzene rings is 3. The molecule has 3 aromatic rings. The summed E-state index contributed by atoms with van der Waals surface area (Å²) in [6.07, 6.45) is 0.715. The lowest BCUT2D eigenvalue weighted by Crippen LogP contribution is -2.58. The van der Waals surface area contributed by atoms with Crippen molar-refractivity contribution in [3.8, 4) is 0 Å². The highest BCUT2D eigenvalue weighted by atomic mass is 16.6. The number of ether oxygens (including phenoxy) is 1. The Morgan fingerprint density at radius 2 is 1.85 bits per heavy atom. The molecular weight excluding hydrogens is 324 g/mol. The van der Waals surface area contributed by atoms with Crippen LogP contribution in [0.3, 0.4) is 0 Å². The smallest absolute Gasteiger partial charge is 0.177 e. The normalized spacial score (nSPS) is 24.3. The molecule has 2 atom stereocenters. The van der Waals surface area contributed by atoms with Crippen LogP contribution in [0, 0.1) is 0 Å². The summed E-state index contributed by atoms with van der Waals surface area (Å²) < 4.78 is 5.73. The molecule has 3 aromatic carbocycles. The first-order valence-electron chi connectivity index (χ1n) is 9.30. The van der Waals surface area contributed by atoms with Gasteiger partial charge in [0.25, 0.3) is 0 Å². The van der Waals surface area contributed by atoms with Crippen LogP contribution in [0.15, 0.2) is 54.6 Å². The van der Waals surface area contributed by atoms with Crippen LogP contribution in [0.4, 0.5) is 0 Å². The van der Waals surface area contributed by atoms with Crippen LogP contribution in [0.5, 0.6) is 0 Å². The Balaban J connectivity index is 1.98. The predicted octanol–water partition coefficient (Wildman–Crippen LogP) is 3.21. The molecule has 0 aliphatic carbocycles. The summed E-state index contributed by atoms with van der Waals surface area (Å²) in [6, 6.07) is 19.2. The first-order chi connectivity index (χ1) is 12.7. The summed E-state index contributed by atoms with van der Waals surface area (Å²) in [5.74, 6) is 0. The lowest BCUT2D eigenvalue weighted by molar-refractivity contribution is -0.225. The molecule has 136 valence electrons. The minimum atomic E-state index is -0.870. The molecule has 3 N–H and O–H groups in total. The third-order valence-electron chi connectivity index (χ3n) is 5.77. The molecule has 4 nitrogen and oxygen atoms in total. The van der Waals surface area contributed by atoms with E-state index in [0.717, 1.165) is 24.9 Å². The molecule has 0 saturated carbocycles. The number of rotatable bonds is 4. The van der Waals surface area contributed by atoms with Crippen LogP contribution in [0.25, 0.3) is 21.5 Å². The highest BCUT2D eigenvalue weighted by molar-refractivity contribution is 6.00. The second-order valence-corrected chi connectivity index (χ2v) is 7.19. The summed E-state index contributed by atoms with van der Waals surface area (Å²) in [5, 5.41) is 15.7. The van der Waals surface area contributed by atoms with E-state index in [2.05, 4.69) is 66.5 Å². The van der Waals surface area contributed by atoms with Crippen molar-refractivity contribution < 1.29 is 9.84 Å². The monoisotopic (exact) mass is 350 g/mol. The number of hydrogen-bond donors (Lipinski definition) is 2. The van der Waals surface area contributed by atoms with E-state index in [-0.39, 0.29) is 0 Å². The van der Waals surface area contributed by atoms with E-state index in [1.807, 2.05) is 0 Å². The van der Waals surface area contributed by atoms with Crippen molar-refractivity contribution in [1.82, 2.24) is 4.90 Å². The second kappa shape index (κ2) is 6.97. The molecule has 1 saturated heterocycles. The average molecular weight is 350 g/mol. The Kier molecular flexibility index (Phi) is 4.67. The van der Waals surface area contributed by atoms with Crippen LogP contribution < -0.4 is 5.73 Å². The lowest BCUT2D eigenvalue weighted by atomic mass is 9.79. The number of likely N-dealkylation sites (N-methyl/N-ethyl adjacent to an activating group) is 1. The van der Waals surface area contributed by atoms with Crippen LogP contribution in [0.1, 0.15) is 18.4 Å². The molecule has 1 aliphatic rings. The highest BCUT2D eigenvalue weighted by Crippen LogP contribution is 2.42. The number of nitrogens with zero attached hydrogens (tertiary/aromatic N) is 1. The third kappa shape index (κ3) is 2.70. The zero-order valence-corrected chi connectivity index (χ0v) is 15.2. The Morgan fingerprint density at radius 1 is 1.12 bits per heavy atom. The molecule has 0 amide bonds. The molecule has 4 rings (SSSR count). The van der Waals surface area contributed by atoms with E-state index in [1.54, 1.807) is 0 Å². The maximum Gasteiger partial charge on any atom is 0.177 e. The molecule has 1 fully saturated rings. The number of fused-ring (bicyclic) bond motifs is 2. The fourth-order valence-corrected chi connectivity index (χ4v) is 4.33. The predicted molar refractivity (Wildman–Crippen MR) is 106 cm³/mol. The van der Waals surface area contributed by atoms with Crippen molar-refractivity contribution in [1.29, 1.82) is 0 Å². The van der Waals surface area contributed by atoms with E-state index in [1.165, 1.54) is 21.5 Å². The van der Waals surface area contributed by atoms with Gasteiger partial charge in [-0.25, -0.2) is 0 Å². The van der Waals surface area contributed by atoms with Gasteiger partial charge in [-0.1, -0.05) is 42.5 Å². The standard InChI is InChI=1S/C22H26N2O2/c1-24-12-13-26-21(25)22(24,10-5-11-23)20-9-4-8-18-14-16-6-2-3-7-17(16)15-19(18)20/h2-4,6-9,14-15,21,25H,5,10-13,23H2,1H3. The third-order valence-corrected chi connectivity index (χ3v) is 5.77. The molecule has 0 radical (unpaired) electrons. The van der Waals surface area contributed by atoms with E-state index >= 15 is 0 Å². The van der Waals surface area contributed by atoms with Gasteiger partial charge >= 0.3 is 0 Å². The highest BCUT2D eigenvalue weighted by Gasteiger charge is 2.46. The summed E-state index contributed by atoms with van der Waals surface area (Å²) in [4.78, 5) is 2.24. The van der Waals surface area contributed by atoms with Crippen LogP contribution in [-0.4, -0.2) is 43.0 Å². The second-order valence-electron chi connectivity index (χ2n) is 7.19. The van der Waals surface area contributed by atoms with Crippen molar-refractivity contribution in [3.63, 3.8) is 0 Å². The van der Waals surface area contributed by atoms with Crippen molar-refractivity contribution in [2.75, 3.05) is 26.7 Å². The van der Waals surface area contributed by atoms with Gasteiger partial charge in [0.1, 0.15) is 0 Å².